The minimum atomic E-state index is 0.617. The first-order valence-electron chi connectivity index (χ1n) is 7.26. The van der Waals surface area contributed by atoms with Crippen LogP contribution in [0.5, 0.6) is 0 Å². The summed E-state index contributed by atoms with van der Waals surface area (Å²) in [5.74, 6) is 0.679. The molecular formula is C14H24N4. The molecule has 1 aromatic heterocycles. The second kappa shape index (κ2) is 5.41. The maximum Gasteiger partial charge on any atom is 0.0543 e. The van der Waals surface area contributed by atoms with Crippen LogP contribution >= 0.6 is 0 Å². The molecule has 2 fully saturated rings. The summed E-state index contributed by atoms with van der Waals surface area (Å²) >= 11 is 0. The number of hydrogen-bond acceptors (Lipinski definition) is 3. The second-order valence-electron chi connectivity index (χ2n) is 5.83. The van der Waals surface area contributed by atoms with Crippen molar-refractivity contribution in [3.63, 3.8) is 0 Å². The van der Waals surface area contributed by atoms with Gasteiger partial charge < -0.3 is 10.2 Å². The lowest BCUT2D eigenvalue weighted by Crippen LogP contribution is -2.31. The molecule has 0 saturated carbocycles. The lowest BCUT2D eigenvalue weighted by atomic mass is 9.94. The molecule has 1 aromatic rings. The molecule has 0 aromatic carbocycles. The van der Waals surface area contributed by atoms with E-state index >= 15 is 0 Å². The average molecular weight is 248 g/mol. The van der Waals surface area contributed by atoms with E-state index in [9.17, 15) is 0 Å². The van der Waals surface area contributed by atoms with Gasteiger partial charge in [0.25, 0.3) is 0 Å². The Balaban J connectivity index is 1.65. The van der Waals surface area contributed by atoms with Crippen LogP contribution in [-0.2, 0) is 0 Å². The Morgan fingerprint density at radius 1 is 1.28 bits per heavy atom. The highest BCUT2D eigenvalue weighted by atomic mass is 15.3. The Labute approximate surface area is 109 Å². The highest BCUT2D eigenvalue weighted by Crippen LogP contribution is 2.26. The molecule has 18 heavy (non-hydrogen) atoms. The summed E-state index contributed by atoms with van der Waals surface area (Å²) in [4.78, 5) is 2.41. The molecule has 4 heteroatoms. The van der Waals surface area contributed by atoms with E-state index in [0.717, 1.165) is 6.54 Å². The van der Waals surface area contributed by atoms with E-state index < -0.39 is 0 Å². The molecule has 2 aliphatic rings. The van der Waals surface area contributed by atoms with Crippen molar-refractivity contribution in [1.29, 1.82) is 0 Å². The quantitative estimate of drug-likeness (QED) is 0.863. The Bertz CT molecular complexity index is 373. The van der Waals surface area contributed by atoms with Gasteiger partial charge in [0.05, 0.1) is 12.2 Å². The third kappa shape index (κ3) is 2.59. The fourth-order valence-corrected chi connectivity index (χ4v) is 3.16. The van der Waals surface area contributed by atoms with Gasteiger partial charge in [0.2, 0.25) is 0 Å². The fourth-order valence-electron chi connectivity index (χ4n) is 3.16. The monoisotopic (exact) mass is 248 g/mol. The molecule has 3 rings (SSSR count). The molecule has 2 aliphatic heterocycles. The summed E-state index contributed by atoms with van der Waals surface area (Å²) in [6.45, 7) is 4.70. The number of likely N-dealkylation sites (tertiary alicyclic amines) is 1. The molecular weight excluding hydrogens is 224 g/mol. The first-order valence-corrected chi connectivity index (χ1v) is 7.26. The SMILES string of the molecule is CN1CCC(n2cc(C3CCCNC3)cn2)CC1. The Morgan fingerprint density at radius 2 is 2.11 bits per heavy atom. The number of rotatable bonds is 2. The number of nitrogens with one attached hydrogen (secondary N) is 1. The van der Waals surface area contributed by atoms with Crippen LogP contribution in [0.25, 0.3) is 0 Å². The third-order valence-corrected chi connectivity index (χ3v) is 4.45. The van der Waals surface area contributed by atoms with Gasteiger partial charge in [-0.15, -0.1) is 0 Å². The van der Waals surface area contributed by atoms with Gasteiger partial charge in [-0.3, -0.25) is 4.68 Å². The summed E-state index contributed by atoms with van der Waals surface area (Å²) in [5.41, 5.74) is 1.43. The molecule has 3 heterocycles. The van der Waals surface area contributed by atoms with Crippen LogP contribution in [0.4, 0.5) is 0 Å². The van der Waals surface area contributed by atoms with Gasteiger partial charge in [0.15, 0.2) is 0 Å². The lowest BCUT2D eigenvalue weighted by molar-refractivity contribution is 0.212. The van der Waals surface area contributed by atoms with E-state index in [1.807, 2.05) is 0 Å². The van der Waals surface area contributed by atoms with Crippen LogP contribution in [0.15, 0.2) is 12.4 Å². The molecule has 1 unspecified atom stereocenters. The van der Waals surface area contributed by atoms with Gasteiger partial charge in [0.1, 0.15) is 0 Å². The Kier molecular flexibility index (Phi) is 3.66. The third-order valence-electron chi connectivity index (χ3n) is 4.45. The topological polar surface area (TPSA) is 33.1 Å². The van der Waals surface area contributed by atoms with E-state index in [1.54, 1.807) is 0 Å². The summed E-state index contributed by atoms with van der Waals surface area (Å²) in [6.07, 6.45) is 9.47. The molecule has 0 bridgehead atoms. The zero-order chi connectivity index (χ0) is 12.4. The molecule has 100 valence electrons. The number of hydrogen-bond donors (Lipinski definition) is 1. The number of piperidine rings is 2. The van der Waals surface area contributed by atoms with Crippen molar-refractivity contribution in [2.45, 2.75) is 37.6 Å². The molecule has 2 saturated heterocycles. The van der Waals surface area contributed by atoms with E-state index in [-0.39, 0.29) is 0 Å². The minimum Gasteiger partial charge on any atom is -0.316 e. The van der Waals surface area contributed by atoms with Crippen LogP contribution in [0.3, 0.4) is 0 Å². The van der Waals surface area contributed by atoms with Gasteiger partial charge in [-0.05, 0) is 63.8 Å². The van der Waals surface area contributed by atoms with Gasteiger partial charge in [0, 0.05) is 12.7 Å². The Morgan fingerprint density at radius 3 is 2.83 bits per heavy atom. The molecule has 1 N–H and O–H groups in total. The fraction of sp³-hybridized carbons (Fsp3) is 0.786. The van der Waals surface area contributed by atoms with E-state index in [2.05, 4.69) is 39.4 Å². The number of nitrogens with zero attached hydrogens (tertiary/aromatic N) is 3. The van der Waals surface area contributed by atoms with Gasteiger partial charge in [-0.1, -0.05) is 0 Å². The normalized spacial score (nSPS) is 27.5. The standard InChI is InChI=1S/C14H24N4/c1-17-7-4-14(5-8-17)18-11-13(10-16-18)12-3-2-6-15-9-12/h10-12,14-15H,2-9H2,1H3. The summed E-state index contributed by atoms with van der Waals surface area (Å²) in [7, 11) is 2.21. The molecule has 0 spiro atoms. The Hall–Kier alpha value is -0.870. The first-order chi connectivity index (χ1) is 8.83. The van der Waals surface area contributed by atoms with Gasteiger partial charge >= 0.3 is 0 Å². The molecule has 0 aliphatic carbocycles. The van der Waals surface area contributed by atoms with E-state index in [1.165, 1.54) is 50.9 Å². The van der Waals surface area contributed by atoms with Crippen molar-refractivity contribution in [2.24, 2.45) is 0 Å². The van der Waals surface area contributed by atoms with Gasteiger partial charge in [-0.2, -0.15) is 5.10 Å². The summed E-state index contributed by atoms with van der Waals surface area (Å²) < 4.78 is 2.22. The van der Waals surface area contributed by atoms with Crippen molar-refractivity contribution in [3.8, 4) is 0 Å². The lowest BCUT2D eigenvalue weighted by Gasteiger charge is -2.29. The van der Waals surface area contributed by atoms with Crippen LogP contribution in [0.2, 0.25) is 0 Å². The molecule has 4 nitrogen and oxygen atoms in total. The smallest absolute Gasteiger partial charge is 0.0543 e. The summed E-state index contributed by atoms with van der Waals surface area (Å²) in [5, 5.41) is 8.09. The summed E-state index contributed by atoms with van der Waals surface area (Å²) in [6, 6.07) is 0.617. The van der Waals surface area contributed by atoms with Crippen molar-refractivity contribution in [3.05, 3.63) is 18.0 Å². The van der Waals surface area contributed by atoms with Crippen molar-refractivity contribution >= 4 is 0 Å². The maximum atomic E-state index is 4.61. The largest absolute Gasteiger partial charge is 0.316 e. The predicted octanol–water partition coefficient (Wildman–Crippen LogP) is 1.62. The van der Waals surface area contributed by atoms with Crippen LogP contribution in [-0.4, -0.2) is 47.9 Å². The van der Waals surface area contributed by atoms with Crippen molar-refractivity contribution in [1.82, 2.24) is 20.0 Å². The molecule has 1 atom stereocenters. The van der Waals surface area contributed by atoms with Crippen LogP contribution in [0.1, 0.15) is 43.2 Å². The molecule has 0 radical (unpaired) electrons. The van der Waals surface area contributed by atoms with Crippen molar-refractivity contribution < 1.29 is 0 Å². The van der Waals surface area contributed by atoms with Crippen LogP contribution < -0.4 is 5.32 Å². The second-order valence-corrected chi connectivity index (χ2v) is 5.83. The van der Waals surface area contributed by atoms with E-state index in [0.29, 0.717) is 12.0 Å². The highest BCUT2D eigenvalue weighted by Gasteiger charge is 2.21. The van der Waals surface area contributed by atoms with Crippen molar-refractivity contribution in [2.75, 3.05) is 33.2 Å². The maximum absolute atomic E-state index is 4.61. The van der Waals surface area contributed by atoms with Crippen LogP contribution in [0, 0.1) is 0 Å². The average Bonchev–Trinajstić information content (AvgIpc) is 2.90. The minimum absolute atomic E-state index is 0.617. The van der Waals surface area contributed by atoms with Gasteiger partial charge in [-0.25, -0.2) is 0 Å². The highest BCUT2D eigenvalue weighted by molar-refractivity contribution is 5.13. The van der Waals surface area contributed by atoms with E-state index in [4.69, 9.17) is 0 Å². The zero-order valence-corrected chi connectivity index (χ0v) is 11.3. The predicted molar refractivity (Wildman–Crippen MR) is 72.8 cm³/mol. The molecule has 0 amide bonds. The first kappa shape index (κ1) is 12.2. The number of aromatic nitrogens is 2. The zero-order valence-electron chi connectivity index (χ0n) is 11.3.